The van der Waals surface area contributed by atoms with Gasteiger partial charge in [0.1, 0.15) is 5.75 Å². The van der Waals surface area contributed by atoms with Crippen molar-refractivity contribution in [2.24, 2.45) is 17.8 Å². The SMILES string of the molecule is CN1C(=O)C2(Cl)CC3C(=CCC4C(=O)N(c5ccc(I)cc5)C(=O)C43)C(c3ccc(O)c4ccccc34)C2(Cl)C1=O. The molecule has 2 heterocycles. The number of anilines is 1. The minimum atomic E-state index is -1.88. The zero-order chi connectivity index (χ0) is 29.0. The number of amides is 4. The number of alkyl halides is 2. The Kier molecular flexibility index (Phi) is 5.92. The number of phenols is 1. The second kappa shape index (κ2) is 9.02. The highest BCUT2D eigenvalue weighted by atomic mass is 127. The number of carbonyl (C=O) groups excluding carboxylic acids is 4. The van der Waals surface area contributed by atoms with Crippen LogP contribution in [0.3, 0.4) is 0 Å². The van der Waals surface area contributed by atoms with Gasteiger partial charge in [-0.2, -0.15) is 0 Å². The number of phenolic OH excluding ortho intramolecular Hbond substituents is 1. The van der Waals surface area contributed by atoms with Gasteiger partial charge in [0.2, 0.25) is 11.8 Å². The first kappa shape index (κ1) is 26.9. The van der Waals surface area contributed by atoms with Crippen LogP contribution in [0.25, 0.3) is 10.8 Å². The van der Waals surface area contributed by atoms with Crippen molar-refractivity contribution in [3.05, 3.63) is 81.4 Å². The van der Waals surface area contributed by atoms with E-state index in [1.54, 1.807) is 30.3 Å². The van der Waals surface area contributed by atoms with Crippen molar-refractivity contribution in [2.75, 3.05) is 11.9 Å². The number of benzene rings is 3. The lowest BCUT2D eigenvalue weighted by Crippen LogP contribution is -2.60. The van der Waals surface area contributed by atoms with E-state index in [0.29, 0.717) is 22.0 Å². The molecule has 3 aromatic rings. The summed E-state index contributed by atoms with van der Waals surface area (Å²) in [5.74, 6) is -4.70. The number of allylic oxidation sites excluding steroid dienone is 2. The van der Waals surface area contributed by atoms with Gasteiger partial charge in [-0.05, 0) is 82.6 Å². The average molecular weight is 701 g/mol. The van der Waals surface area contributed by atoms with E-state index in [9.17, 15) is 24.3 Å². The summed E-state index contributed by atoms with van der Waals surface area (Å²) in [5.41, 5.74) is 1.83. The Morgan fingerprint density at radius 3 is 2.27 bits per heavy atom. The van der Waals surface area contributed by atoms with E-state index in [0.717, 1.165) is 14.0 Å². The third-order valence-corrected chi connectivity index (χ3v) is 11.5. The van der Waals surface area contributed by atoms with Gasteiger partial charge in [0.15, 0.2) is 9.75 Å². The van der Waals surface area contributed by atoms with Crippen LogP contribution in [0.15, 0.2) is 72.3 Å². The maximum absolute atomic E-state index is 14.1. The number of hydrogen-bond donors (Lipinski definition) is 1. The maximum atomic E-state index is 14.1. The van der Waals surface area contributed by atoms with Gasteiger partial charge in [-0.3, -0.25) is 29.0 Å². The topological polar surface area (TPSA) is 95.0 Å². The molecule has 41 heavy (non-hydrogen) atoms. The standard InChI is InChI=1S/C31H23Cl2IN2O5/c1-35-28(40)30(32)14-22-20(10-11-21-24(22)27(39)36(26(21)38)16-8-6-15(34)7-9-16)25(31(30,33)29(35)41)19-12-13-23(37)18-5-3-2-4-17(18)19/h2-10,12-13,21-22,24-25,37H,11,14H2,1H3. The van der Waals surface area contributed by atoms with Gasteiger partial charge in [0.25, 0.3) is 11.8 Å². The molecule has 1 N–H and O–H groups in total. The fraction of sp³-hybridized carbons (Fsp3) is 0.290. The highest BCUT2D eigenvalue weighted by Gasteiger charge is 2.76. The molecule has 6 atom stereocenters. The van der Waals surface area contributed by atoms with E-state index in [1.165, 1.54) is 18.0 Å². The van der Waals surface area contributed by atoms with Gasteiger partial charge < -0.3 is 5.11 Å². The number of imide groups is 2. The Balaban J connectivity index is 1.44. The fourth-order valence-electron chi connectivity index (χ4n) is 7.49. The van der Waals surface area contributed by atoms with Crippen LogP contribution in [-0.4, -0.2) is 50.4 Å². The molecule has 2 aliphatic carbocycles. The molecule has 4 amide bonds. The molecule has 6 unspecified atom stereocenters. The third kappa shape index (κ3) is 3.38. The molecule has 10 heteroatoms. The lowest BCUT2D eigenvalue weighted by atomic mass is 9.56. The summed E-state index contributed by atoms with van der Waals surface area (Å²) in [6.45, 7) is 0. The van der Waals surface area contributed by atoms with Crippen molar-refractivity contribution in [2.45, 2.75) is 28.5 Å². The summed E-state index contributed by atoms with van der Waals surface area (Å²) in [5, 5.41) is 11.8. The first-order valence-electron chi connectivity index (χ1n) is 13.2. The Bertz CT molecular complexity index is 1740. The van der Waals surface area contributed by atoms with Crippen molar-refractivity contribution in [3.63, 3.8) is 0 Å². The van der Waals surface area contributed by atoms with Crippen LogP contribution in [0.1, 0.15) is 24.3 Å². The molecular formula is C31H23Cl2IN2O5. The third-order valence-electron chi connectivity index (χ3n) is 9.34. The highest BCUT2D eigenvalue weighted by molar-refractivity contribution is 14.1. The smallest absolute Gasteiger partial charge is 0.253 e. The molecule has 208 valence electrons. The molecule has 2 aliphatic heterocycles. The van der Waals surface area contributed by atoms with Gasteiger partial charge in [-0.25, -0.2) is 0 Å². The lowest BCUT2D eigenvalue weighted by molar-refractivity contribution is -0.138. The molecule has 7 rings (SSSR count). The number of rotatable bonds is 2. The molecule has 7 nitrogen and oxygen atoms in total. The van der Waals surface area contributed by atoms with Crippen LogP contribution in [0.2, 0.25) is 0 Å². The number of likely N-dealkylation sites (tertiary alicyclic amines) is 1. The van der Waals surface area contributed by atoms with Gasteiger partial charge in [0.05, 0.1) is 17.5 Å². The molecule has 1 saturated carbocycles. The summed E-state index contributed by atoms with van der Waals surface area (Å²) in [4.78, 5) is 53.7. The van der Waals surface area contributed by atoms with Crippen LogP contribution in [0, 0.1) is 21.3 Å². The summed E-state index contributed by atoms with van der Waals surface area (Å²) in [6, 6.07) is 17.6. The van der Waals surface area contributed by atoms with Crippen LogP contribution in [0.5, 0.6) is 5.75 Å². The minimum absolute atomic E-state index is 0.0610. The summed E-state index contributed by atoms with van der Waals surface area (Å²) >= 11 is 16.7. The van der Waals surface area contributed by atoms with Gasteiger partial charge in [-0.1, -0.05) is 42.0 Å². The first-order chi connectivity index (χ1) is 19.5. The van der Waals surface area contributed by atoms with E-state index >= 15 is 0 Å². The van der Waals surface area contributed by atoms with Crippen LogP contribution in [0.4, 0.5) is 5.69 Å². The van der Waals surface area contributed by atoms with Crippen molar-refractivity contribution >= 4 is 85.9 Å². The zero-order valence-corrected chi connectivity index (χ0v) is 25.4. The average Bonchev–Trinajstić information content (AvgIpc) is 3.29. The van der Waals surface area contributed by atoms with Crippen LogP contribution < -0.4 is 4.90 Å². The van der Waals surface area contributed by atoms with Crippen LogP contribution >= 0.6 is 45.8 Å². The predicted octanol–water partition coefficient (Wildman–Crippen LogP) is 5.34. The number of aromatic hydroxyl groups is 1. The Hall–Kier alpha value is -2.95. The monoisotopic (exact) mass is 700 g/mol. The lowest BCUT2D eigenvalue weighted by Gasteiger charge is -2.51. The quantitative estimate of drug-likeness (QED) is 0.169. The van der Waals surface area contributed by atoms with Crippen molar-refractivity contribution in [3.8, 4) is 5.75 Å². The molecule has 4 aliphatic rings. The second-order valence-electron chi connectivity index (χ2n) is 11.2. The zero-order valence-electron chi connectivity index (χ0n) is 21.7. The normalized spacial score (nSPS) is 32.7. The molecule has 3 fully saturated rings. The molecular weight excluding hydrogens is 678 g/mol. The first-order valence-corrected chi connectivity index (χ1v) is 15.1. The minimum Gasteiger partial charge on any atom is -0.507 e. The Labute approximate surface area is 259 Å². The number of hydrogen-bond acceptors (Lipinski definition) is 5. The maximum Gasteiger partial charge on any atom is 0.253 e. The van der Waals surface area contributed by atoms with Gasteiger partial charge in [0, 0.05) is 21.9 Å². The Morgan fingerprint density at radius 1 is 0.878 bits per heavy atom. The summed E-state index contributed by atoms with van der Waals surface area (Å²) in [7, 11) is 1.37. The van der Waals surface area contributed by atoms with Crippen molar-refractivity contribution in [1.29, 1.82) is 0 Å². The molecule has 2 saturated heterocycles. The van der Waals surface area contributed by atoms with E-state index < -0.39 is 45.2 Å². The Morgan fingerprint density at radius 2 is 1.56 bits per heavy atom. The van der Waals surface area contributed by atoms with Crippen molar-refractivity contribution in [1.82, 2.24) is 4.90 Å². The molecule has 0 spiro atoms. The van der Waals surface area contributed by atoms with E-state index in [4.69, 9.17) is 23.2 Å². The second-order valence-corrected chi connectivity index (χ2v) is 13.7. The summed E-state index contributed by atoms with van der Waals surface area (Å²) in [6.07, 6.45) is 2.14. The number of halogens is 3. The fourth-order valence-corrected chi connectivity index (χ4v) is 8.86. The largest absolute Gasteiger partial charge is 0.507 e. The number of carbonyl (C=O) groups is 4. The molecule has 0 radical (unpaired) electrons. The molecule has 0 aromatic heterocycles. The van der Waals surface area contributed by atoms with E-state index in [1.807, 2.05) is 30.3 Å². The van der Waals surface area contributed by atoms with E-state index in [2.05, 4.69) is 22.6 Å². The van der Waals surface area contributed by atoms with Crippen LogP contribution in [-0.2, 0) is 19.2 Å². The number of fused-ring (bicyclic) bond motifs is 5. The highest BCUT2D eigenvalue weighted by Crippen LogP contribution is 2.66. The van der Waals surface area contributed by atoms with Gasteiger partial charge >= 0.3 is 0 Å². The number of nitrogens with zero attached hydrogens (tertiary/aromatic N) is 2. The molecule has 0 bridgehead atoms. The predicted molar refractivity (Wildman–Crippen MR) is 163 cm³/mol. The summed E-state index contributed by atoms with van der Waals surface area (Å²) < 4.78 is 0.971. The van der Waals surface area contributed by atoms with Crippen molar-refractivity contribution < 1.29 is 24.3 Å². The molecule has 3 aromatic carbocycles. The van der Waals surface area contributed by atoms with E-state index in [-0.39, 0.29) is 30.4 Å². The van der Waals surface area contributed by atoms with Gasteiger partial charge in [-0.15, -0.1) is 23.2 Å².